The molecular weight excluding hydrogens is 256 g/mol. The van der Waals surface area contributed by atoms with Crippen LogP contribution in [-0.2, 0) is 14.4 Å². The van der Waals surface area contributed by atoms with Crippen molar-refractivity contribution in [1.82, 2.24) is 4.90 Å². The highest BCUT2D eigenvalue weighted by Gasteiger charge is 2.36. The van der Waals surface area contributed by atoms with Gasteiger partial charge in [0.15, 0.2) is 0 Å². The molecule has 106 valence electrons. The van der Waals surface area contributed by atoms with E-state index in [9.17, 15) is 14.4 Å². The fraction of sp³-hybridized carbons (Fsp3) is 0.400. The summed E-state index contributed by atoms with van der Waals surface area (Å²) in [6.45, 7) is 5.45. The second-order valence-corrected chi connectivity index (χ2v) is 5.07. The van der Waals surface area contributed by atoms with Crippen molar-refractivity contribution < 1.29 is 14.4 Å². The molecule has 0 saturated carbocycles. The lowest BCUT2D eigenvalue weighted by Crippen LogP contribution is -2.45. The lowest BCUT2D eigenvalue weighted by molar-refractivity contribution is -0.144. The molecule has 0 unspecified atom stereocenters. The predicted molar refractivity (Wildman–Crippen MR) is 75.1 cm³/mol. The van der Waals surface area contributed by atoms with Gasteiger partial charge in [-0.25, -0.2) is 0 Å². The highest BCUT2D eigenvalue weighted by molar-refractivity contribution is 6.07. The van der Waals surface area contributed by atoms with E-state index in [-0.39, 0.29) is 30.6 Å². The van der Waals surface area contributed by atoms with Crippen molar-refractivity contribution in [3.05, 3.63) is 29.3 Å². The number of hydrogen-bond donors (Lipinski definition) is 1. The molecule has 2 rings (SSSR count). The van der Waals surface area contributed by atoms with Crippen LogP contribution in [0.1, 0.15) is 30.9 Å². The first-order valence-corrected chi connectivity index (χ1v) is 6.63. The van der Waals surface area contributed by atoms with Gasteiger partial charge in [0.05, 0.1) is 0 Å². The monoisotopic (exact) mass is 274 g/mol. The fourth-order valence-electron chi connectivity index (χ4n) is 2.27. The molecule has 3 amide bonds. The van der Waals surface area contributed by atoms with E-state index in [4.69, 9.17) is 0 Å². The van der Waals surface area contributed by atoms with Crippen molar-refractivity contribution in [2.75, 3.05) is 5.32 Å². The van der Waals surface area contributed by atoms with Crippen LogP contribution in [0, 0.1) is 13.8 Å². The van der Waals surface area contributed by atoms with Gasteiger partial charge in [-0.05, 0) is 38.0 Å². The van der Waals surface area contributed by atoms with Crippen LogP contribution in [0.2, 0.25) is 0 Å². The van der Waals surface area contributed by atoms with Crippen molar-refractivity contribution in [3.63, 3.8) is 0 Å². The first kappa shape index (κ1) is 14.2. The van der Waals surface area contributed by atoms with E-state index in [0.717, 1.165) is 16.0 Å². The molecule has 1 aliphatic rings. The number of nitrogens with zero attached hydrogens (tertiary/aromatic N) is 1. The second-order valence-electron chi connectivity index (χ2n) is 5.07. The van der Waals surface area contributed by atoms with Crippen LogP contribution in [0.15, 0.2) is 18.2 Å². The molecule has 1 heterocycles. The Bertz CT molecular complexity index is 564. The van der Waals surface area contributed by atoms with Gasteiger partial charge >= 0.3 is 0 Å². The number of benzene rings is 1. The van der Waals surface area contributed by atoms with Crippen molar-refractivity contribution >= 4 is 23.4 Å². The van der Waals surface area contributed by atoms with Crippen LogP contribution in [-0.4, -0.2) is 28.7 Å². The number of amides is 3. The molecule has 1 aliphatic heterocycles. The van der Waals surface area contributed by atoms with E-state index in [1.54, 1.807) is 13.0 Å². The molecule has 0 aromatic heterocycles. The third kappa shape index (κ3) is 2.57. The molecule has 0 spiro atoms. The van der Waals surface area contributed by atoms with Crippen LogP contribution in [0.25, 0.3) is 0 Å². The largest absolute Gasteiger partial charge is 0.324 e. The Balaban J connectivity index is 2.14. The SMILES string of the molecule is Cc1cccc(NC(=O)[C@H](C)N2C(=O)CCC2=O)c1C. The summed E-state index contributed by atoms with van der Waals surface area (Å²) in [5, 5.41) is 2.78. The van der Waals surface area contributed by atoms with Crippen LogP contribution < -0.4 is 5.32 Å². The number of rotatable bonds is 3. The van der Waals surface area contributed by atoms with Gasteiger partial charge in [0.1, 0.15) is 6.04 Å². The predicted octanol–water partition coefficient (Wildman–Crippen LogP) is 1.78. The molecule has 0 bridgehead atoms. The molecule has 0 aliphatic carbocycles. The van der Waals surface area contributed by atoms with Crippen LogP contribution >= 0.6 is 0 Å². The lowest BCUT2D eigenvalue weighted by atomic mass is 10.1. The minimum atomic E-state index is -0.780. The van der Waals surface area contributed by atoms with Crippen molar-refractivity contribution in [2.24, 2.45) is 0 Å². The fourth-order valence-corrected chi connectivity index (χ4v) is 2.27. The first-order chi connectivity index (χ1) is 9.41. The minimum absolute atomic E-state index is 0.194. The molecule has 1 aromatic rings. The average Bonchev–Trinajstić information content (AvgIpc) is 2.73. The molecule has 0 radical (unpaired) electrons. The zero-order valence-corrected chi connectivity index (χ0v) is 11.9. The smallest absolute Gasteiger partial charge is 0.247 e. The number of aryl methyl sites for hydroxylation is 1. The van der Waals surface area contributed by atoms with Crippen LogP contribution in [0.3, 0.4) is 0 Å². The lowest BCUT2D eigenvalue weighted by Gasteiger charge is -2.22. The highest BCUT2D eigenvalue weighted by Crippen LogP contribution is 2.20. The van der Waals surface area contributed by atoms with Crippen LogP contribution in [0.5, 0.6) is 0 Å². The van der Waals surface area contributed by atoms with Crippen LogP contribution in [0.4, 0.5) is 5.69 Å². The number of likely N-dealkylation sites (tertiary alicyclic amines) is 1. The second kappa shape index (κ2) is 5.45. The summed E-state index contributed by atoms with van der Waals surface area (Å²) in [6, 6.07) is 4.84. The van der Waals surface area contributed by atoms with E-state index in [1.807, 2.05) is 26.0 Å². The molecular formula is C15H18N2O3. The maximum Gasteiger partial charge on any atom is 0.247 e. The standard InChI is InChI=1S/C15H18N2O3/c1-9-5-4-6-12(10(9)2)16-15(20)11(3)17-13(18)7-8-14(17)19/h4-6,11H,7-8H2,1-3H3,(H,16,20)/t11-/m0/s1. The maximum absolute atomic E-state index is 12.2. The zero-order valence-electron chi connectivity index (χ0n) is 11.9. The van der Waals surface area contributed by atoms with E-state index < -0.39 is 6.04 Å². The summed E-state index contributed by atoms with van der Waals surface area (Å²) < 4.78 is 0. The normalized spacial score (nSPS) is 16.4. The van der Waals surface area contributed by atoms with E-state index >= 15 is 0 Å². The van der Waals surface area contributed by atoms with Gasteiger partial charge < -0.3 is 5.32 Å². The Labute approximate surface area is 118 Å². The van der Waals surface area contributed by atoms with Gasteiger partial charge in [-0.1, -0.05) is 12.1 Å². The highest BCUT2D eigenvalue weighted by atomic mass is 16.2. The van der Waals surface area contributed by atoms with Crippen molar-refractivity contribution in [3.8, 4) is 0 Å². The molecule has 1 N–H and O–H groups in total. The number of imide groups is 1. The van der Waals surface area contributed by atoms with Gasteiger partial charge in [0, 0.05) is 18.5 Å². The zero-order chi connectivity index (χ0) is 14.9. The number of hydrogen-bond acceptors (Lipinski definition) is 3. The Morgan fingerprint density at radius 2 is 1.80 bits per heavy atom. The Morgan fingerprint density at radius 3 is 2.40 bits per heavy atom. The Morgan fingerprint density at radius 1 is 1.20 bits per heavy atom. The third-order valence-electron chi connectivity index (χ3n) is 3.72. The third-order valence-corrected chi connectivity index (χ3v) is 3.72. The van der Waals surface area contributed by atoms with E-state index in [1.165, 1.54) is 0 Å². The number of nitrogens with one attached hydrogen (secondary N) is 1. The van der Waals surface area contributed by atoms with Gasteiger partial charge in [0.25, 0.3) is 0 Å². The van der Waals surface area contributed by atoms with Crippen molar-refractivity contribution in [1.29, 1.82) is 0 Å². The Kier molecular flexibility index (Phi) is 3.88. The molecule has 5 nitrogen and oxygen atoms in total. The average molecular weight is 274 g/mol. The summed E-state index contributed by atoms with van der Waals surface area (Å²) in [6.07, 6.45) is 0.389. The summed E-state index contributed by atoms with van der Waals surface area (Å²) in [4.78, 5) is 36.5. The van der Waals surface area contributed by atoms with Crippen molar-refractivity contribution in [2.45, 2.75) is 39.7 Å². The molecule has 1 saturated heterocycles. The molecule has 1 atom stereocenters. The summed E-state index contributed by atoms with van der Waals surface area (Å²) in [5.41, 5.74) is 2.76. The van der Waals surface area contributed by atoms with Gasteiger partial charge in [0.2, 0.25) is 17.7 Å². The number of carbonyl (C=O) groups excluding carboxylic acids is 3. The summed E-state index contributed by atoms with van der Waals surface area (Å²) in [7, 11) is 0. The summed E-state index contributed by atoms with van der Waals surface area (Å²) in [5.74, 6) is -0.903. The van der Waals surface area contributed by atoms with E-state index in [2.05, 4.69) is 5.32 Å². The number of anilines is 1. The number of carbonyl (C=O) groups is 3. The Hall–Kier alpha value is -2.17. The minimum Gasteiger partial charge on any atom is -0.324 e. The molecule has 1 fully saturated rings. The van der Waals surface area contributed by atoms with Gasteiger partial charge in [-0.15, -0.1) is 0 Å². The van der Waals surface area contributed by atoms with Gasteiger partial charge in [-0.3, -0.25) is 19.3 Å². The van der Waals surface area contributed by atoms with E-state index in [0.29, 0.717) is 5.69 Å². The molecule has 20 heavy (non-hydrogen) atoms. The first-order valence-electron chi connectivity index (χ1n) is 6.63. The topological polar surface area (TPSA) is 66.5 Å². The summed E-state index contributed by atoms with van der Waals surface area (Å²) >= 11 is 0. The molecule has 5 heteroatoms. The quantitative estimate of drug-likeness (QED) is 0.854. The van der Waals surface area contributed by atoms with Gasteiger partial charge in [-0.2, -0.15) is 0 Å². The maximum atomic E-state index is 12.2. The molecule has 1 aromatic carbocycles.